The first-order chi connectivity index (χ1) is 8.45. The Balaban J connectivity index is 2.42. The number of aromatic nitrogens is 2. The second-order valence-electron chi connectivity index (χ2n) is 4.05. The van der Waals surface area contributed by atoms with Crippen molar-refractivity contribution < 1.29 is 14.2 Å². The summed E-state index contributed by atoms with van der Waals surface area (Å²) >= 11 is 1.74. The number of rotatable bonds is 2. The van der Waals surface area contributed by atoms with Crippen molar-refractivity contribution >= 4 is 22.6 Å². The van der Waals surface area contributed by atoms with E-state index in [0.717, 1.165) is 4.57 Å². The van der Waals surface area contributed by atoms with E-state index < -0.39 is 35.9 Å². The first-order valence-corrected chi connectivity index (χ1v) is 6.52. The highest BCUT2D eigenvalue weighted by molar-refractivity contribution is 14.1. The molecule has 0 aromatic carbocycles. The first kappa shape index (κ1) is 13.7. The number of aliphatic hydroxyl groups is 1. The Morgan fingerprint density at radius 3 is 2.83 bits per heavy atom. The van der Waals surface area contributed by atoms with Crippen molar-refractivity contribution in [1.82, 2.24) is 9.55 Å². The largest absolute Gasteiger partial charge is 0.387 e. The molecule has 1 unspecified atom stereocenters. The minimum absolute atomic E-state index is 0.248. The minimum atomic E-state index is -1.70. The van der Waals surface area contributed by atoms with E-state index >= 15 is 0 Å². The lowest BCUT2D eigenvalue weighted by Crippen LogP contribution is -2.36. The Morgan fingerprint density at radius 1 is 1.61 bits per heavy atom. The maximum atomic E-state index is 13.9. The summed E-state index contributed by atoms with van der Waals surface area (Å²) in [5.74, 6) is 0. The van der Waals surface area contributed by atoms with Gasteiger partial charge in [-0.3, -0.25) is 14.3 Å². The van der Waals surface area contributed by atoms with Gasteiger partial charge in [0.05, 0.1) is 9.67 Å². The summed E-state index contributed by atoms with van der Waals surface area (Å²) in [5.41, 5.74) is -1.28. The zero-order chi connectivity index (χ0) is 13.4. The molecule has 8 heteroatoms. The van der Waals surface area contributed by atoms with E-state index in [9.17, 15) is 19.1 Å². The molecule has 18 heavy (non-hydrogen) atoms. The number of aromatic amines is 1. The third-order valence-electron chi connectivity index (χ3n) is 2.89. The summed E-state index contributed by atoms with van der Waals surface area (Å²) in [4.78, 5) is 24.9. The van der Waals surface area contributed by atoms with E-state index in [2.05, 4.69) is 4.98 Å². The van der Waals surface area contributed by atoms with Crippen LogP contribution in [0.3, 0.4) is 0 Å². The van der Waals surface area contributed by atoms with E-state index in [-0.39, 0.29) is 3.57 Å². The van der Waals surface area contributed by atoms with Crippen molar-refractivity contribution in [3.05, 3.63) is 30.6 Å². The fourth-order valence-corrected chi connectivity index (χ4v) is 2.35. The van der Waals surface area contributed by atoms with Crippen LogP contribution in [-0.2, 0) is 4.74 Å². The summed E-state index contributed by atoms with van der Waals surface area (Å²) in [6.45, 7) is 1.75. The number of H-pyrrole nitrogens is 1. The number of alkyl halides is 1. The normalized spacial score (nSPS) is 31.8. The monoisotopic (exact) mass is 370 g/mol. The summed E-state index contributed by atoms with van der Waals surface area (Å²) < 4.78 is 20.4. The Labute approximate surface area is 115 Å². The fourth-order valence-electron chi connectivity index (χ4n) is 1.91. The number of halogens is 2. The van der Waals surface area contributed by atoms with Gasteiger partial charge in [0.2, 0.25) is 0 Å². The molecule has 1 saturated heterocycles. The molecule has 1 fully saturated rings. The fraction of sp³-hybridized carbons (Fsp3) is 0.600. The van der Waals surface area contributed by atoms with Gasteiger partial charge in [-0.15, -0.1) is 0 Å². The number of nitrogens with zero attached hydrogens (tertiary/aromatic N) is 1. The highest BCUT2D eigenvalue weighted by atomic mass is 127. The van der Waals surface area contributed by atoms with Crippen LogP contribution >= 0.6 is 22.6 Å². The van der Waals surface area contributed by atoms with Gasteiger partial charge in [-0.25, -0.2) is 9.18 Å². The third kappa shape index (κ3) is 2.24. The van der Waals surface area contributed by atoms with Gasteiger partial charge in [0.1, 0.15) is 6.10 Å². The first-order valence-electron chi connectivity index (χ1n) is 5.44. The topological polar surface area (TPSA) is 84.3 Å². The number of ether oxygens (including phenoxy) is 1. The smallest absolute Gasteiger partial charge is 0.330 e. The van der Waals surface area contributed by atoms with E-state index in [1.54, 1.807) is 29.5 Å². The molecule has 2 heterocycles. The van der Waals surface area contributed by atoms with Crippen LogP contribution in [0.4, 0.5) is 4.39 Å². The van der Waals surface area contributed by atoms with Crippen molar-refractivity contribution in [2.24, 2.45) is 0 Å². The van der Waals surface area contributed by atoms with Gasteiger partial charge in [0.15, 0.2) is 12.4 Å². The van der Waals surface area contributed by atoms with Gasteiger partial charge >= 0.3 is 5.69 Å². The Hall–Kier alpha value is -0.740. The second-order valence-corrected chi connectivity index (χ2v) is 5.21. The minimum Gasteiger partial charge on any atom is -0.387 e. The van der Waals surface area contributed by atoms with Crippen LogP contribution in [0.15, 0.2) is 15.8 Å². The van der Waals surface area contributed by atoms with Crippen molar-refractivity contribution in [3.8, 4) is 0 Å². The van der Waals surface area contributed by atoms with Crippen LogP contribution in [0.5, 0.6) is 0 Å². The van der Waals surface area contributed by atoms with Gasteiger partial charge in [-0.05, 0) is 29.0 Å². The van der Waals surface area contributed by atoms with Crippen LogP contribution in [-0.4, -0.2) is 33.0 Å². The van der Waals surface area contributed by atoms with Gasteiger partial charge in [-0.2, -0.15) is 0 Å². The maximum Gasteiger partial charge on any atom is 0.330 e. The van der Waals surface area contributed by atoms with E-state index in [1.807, 2.05) is 0 Å². The van der Waals surface area contributed by atoms with Gasteiger partial charge in [0, 0.05) is 6.20 Å². The molecule has 4 atom stereocenters. The molecule has 0 aliphatic carbocycles. The molecule has 1 aliphatic rings. The average molecular weight is 370 g/mol. The van der Waals surface area contributed by atoms with Crippen molar-refractivity contribution in [2.45, 2.75) is 38.0 Å². The van der Waals surface area contributed by atoms with Crippen LogP contribution in [0, 0.1) is 3.57 Å². The molecule has 0 bridgehead atoms. The molecular formula is C10H12FIN2O4. The summed E-state index contributed by atoms with van der Waals surface area (Å²) in [6.07, 6.45) is -3.16. The molecule has 1 aromatic heterocycles. The van der Waals surface area contributed by atoms with Crippen molar-refractivity contribution in [1.29, 1.82) is 0 Å². The molecule has 6 nitrogen and oxygen atoms in total. The molecule has 0 amide bonds. The highest BCUT2D eigenvalue weighted by Gasteiger charge is 2.44. The van der Waals surface area contributed by atoms with E-state index in [4.69, 9.17) is 4.74 Å². The molecule has 2 rings (SSSR count). The lowest BCUT2D eigenvalue weighted by Gasteiger charge is -2.15. The summed E-state index contributed by atoms with van der Waals surface area (Å²) in [5, 5.41) is 9.61. The molecular weight excluding hydrogens is 358 g/mol. The summed E-state index contributed by atoms with van der Waals surface area (Å²) in [6, 6.07) is 0. The van der Waals surface area contributed by atoms with E-state index in [0.29, 0.717) is 6.42 Å². The Bertz CT molecular complexity index is 558. The van der Waals surface area contributed by atoms with Gasteiger partial charge in [0.25, 0.3) is 5.56 Å². The van der Waals surface area contributed by atoms with Crippen LogP contribution in [0.1, 0.15) is 19.6 Å². The zero-order valence-electron chi connectivity index (χ0n) is 9.47. The summed E-state index contributed by atoms with van der Waals surface area (Å²) in [7, 11) is 0. The van der Waals surface area contributed by atoms with Crippen molar-refractivity contribution in [3.63, 3.8) is 0 Å². The molecule has 0 radical (unpaired) electrons. The number of hydrogen-bond donors (Lipinski definition) is 2. The maximum absolute atomic E-state index is 13.9. The molecule has 0 saturated carbocycles. The molecule has 100 valence electrons. The SMILES string of the molecule is CC[C@H]1O[C@@H](n2cc(I)c(=O)[nH]c2=O)[C@@H](F)C1O. The van der Waals surface area contributed by atoms with E-state index in [1.165, 1.54) is 6.20 Å². The Kier molecular flexibility index (Phi) is 3.87. The molecule has 1 aliphatic heterocycles. The average Bonchev–Trinajstić information content (AvgIpc) is 2.61. The quantitative estimate of drug-likeness (QED) is 0.726. The lowest BCUT2D eigenvalue weighted by molar-refractivity contribution is -0.0281. The predicted octanol–water partition coefficient (Wildman–Crippen LogP) is 0.148. The number of aliphatic hydroxyl groups excluding tert-OH is 1. The molecule has 0 spiro atoms. The molecule has 1 aromatic rings. The number of nitrogens with one attached hydrogen (secondary N) is 1. The third-order valence-corrected chi connectivity index (χ3v) is 3.66. The lowest BCUT2D eigenvalue weighted by atomic mass is 10.1. The van der Waals surface area contributed by atoms with Crippen LogP contribution in [0.25, 0.3) is 0 Å². The zero-order valence-corrected chi connectivity index (χ0v) is 11.6. The predicted molar refractivity (Wildman–Crippen MR) is 69.1 cm³/mol. The number of hydrogen-bond acceptors (Lipinski definition) is 4. The standard InChI is InChI=1S/C10H12FIN2O4/c1-2-5-7(15)6(11)9(18-5)14-3-4(12)8(16)13-10(14)17/h3,5-7,9,15H,2H2,1H3,(H,13,16,17)/t5-,6+,7?,9-/m1/s1. The van der Waals surface area contributed by atoms with Gasteiger partial charge in [-0.1, -0.05) is 6.92 Å². The molecule has 2 N–H and O–H groups in total. The van der Waals surface area contributed by atoms with Crippen LogP contribution < -0.4 is 11.2 Å². The Morgan fingerprint density at radius 2 is 2.28 bits per heavy atom. The van der Waals surface area contributed by atoms with Crippen LogP contribution in [0.2, 0.25) is 0 Å². The highest BCUT2D eigenvalue weighted by Crippen LogP contribution is 2.32. The van der Waals surface area contributed by atoms with Crippen molar-refractivity contribution in [2.75, 3.05) is 0 Å². The second kappa shape index (κ2) is 5.10. The van der Waals surface area contributed by atoms with Gasteiger partial charge < -0.3 is 9.84 Å².